The summed E-state index contributed by atoms with van der Waals surface area (Å²) >= 11 is 0. The molecule has 2 aromatic rings. The molecule has 1 aromatic carbocycles. The highest BCUT2D eigenvalue weighted by molar-refractivity contribution is 5.99. The number of fused-ring (bicyclic) bond motifs is 1. The summed E-state index contributed by atoms with van der Waals surface area (Å²) in [5, 5.41) is 3.08. The fourth-order valence-corrected chi connectivity index (χ4v) is 2.40. The van der Waals surface area contributed by atoms with Crippen molar-refractivity contribution in [3.8, 4) is 5.75 Å². The fourth-order valence-electron chi connectivity index (χ4n) is 2.40. The summed E-state index contributed by atoms with van der Waals surface area (Å²) in [6, 6.07) is 11.4. The van der Waals surface area contributed by atoms with Crippen molar-refractivity contribution in [2.45, 2.75) is 19.6 Å². The maximum Gasteiger partial charge on any atom is 0.268 e. The number of carbonyl (C=O) groups excluding carboxylic acids is 1. The standard InChI is InChI=1S/C16H17N3O2/c1-11-16(20)19(14-5-3-4-6-15(14)21-11)10-13-9-12(17-2)7-8-18-13/h3-9,11H,10H2,1-2H3,(H,17,18). The minimum atomic E-state index is -0.479. The molecule has 0 radical (unpaired) electrons. The number of nitrogens with one attached hydrogen (secondary N) is 1. The molecule has 0 spiro atoms. The molecular formula is C16H17N3O2. The topological polar surface area (TPSA) is 54.5 Å². The van der Waals surface area contributed by atoms with E-state index in [1.165, 1.54) is 0 Å². The van der Waals surface area contributed by atoms with E-state index in [2.05, 4.69) is 10.3 Å². The molecule has 0 aliphatic carbocycles. The highest BCUT2D eigenvalue weighted by Crippen LogP contribution is 2.34. The van der Waals surface area contributed by atoms with Crippen LogP contribution in [-0.4, -0.2) is 24.0 Å². The van der Waals surface area contributed by atoms with Crippen LogP contribution in [0.4, 0.5) is 11.4 Å². The van der Waals surface area contributed by atoms with E-state index in [9.17, 15) is 4.79 Å². The molecule has 21 heavy (non-hydrogen) atoms. The number of nitrogens with zero attached hydrogens (tertiary/aromatic N) is 2. The molecule has 0 bridgehead atoms. The Morgan fingerprint density at radius 2 is 2.14 bits per heavy atom. The lowest BCUT2D eigenvalue weighted by molar-refractivity contribution is -0.125. The van der Waals surface area contributed by atoms with E-state index in [0.717, 1.165) is 22.8 Å². The monoisotopic (exact) mass is 283 g/mol. The molecule has 1 atom stereocenters. The predicted molar refractivity (Wildman–Crippen MR) is 81.5 cm³/mol. The second-order valence-electron chi connectivity index (χ2n) is 4.94. The van der Waals surface area contributed by atoms with Crippen LogP contribution < -0.4 is 15.0 Å². The predicted octanol–water partition coefficient (Wildman–Crippen LogP) is 2.44. The molecule has 108 valence electrons. The van der Waals surface area contributed by atoms with Crippen LogP contribution >= 0.6 is 0 Å². The molecule has 3 rings (SSSR count). The summed E-state index contributed by atoms with van der Waals surface area (Å²) < 4.78 is 5.63. The van der Waals surface area contributed by atoms with Crippen LogP contribution in [0.15, 0.2) is 42.6 Å². The first-order valence-electron chi connectivity index (χ1n) is 6.89. The van der Waals surface area contributed by atoms with Gasteiger partial charge in [-0.05, 0) is 31.2 Å². The molecule has 1 amide bonds. The Hall–Kier alpha value is -2.56. The lowest BCUT2D eigenvalue weighted by Crippen LogP contribution is -2.44. The Labute approximate surface area is 123 Å². The summed E-state index contributed by atoms with van der Waals surface area (Å²) in [4.78, 5) is 18.5. The van der Waals surface area contributed by atoms with E-state index in [0.29, 0.717) is 6.54 Å². The van der Waals surface area contributed by atoms with Crippen molar-refractivity contribution in [2.75, 3.05) is 17.3 Å². The van der Waals surface area contributed by atoms with E-state index in [1.807, 2.05) is 43.4 Å². The zero-order valence-electron chi connectivity index (χ0n) is 12.0. The molecule has 1 aliphatic rings. The van der Waals surface area contributed by atoms with Crippen LogP contribution in [0.25, 0.3) is 0 Å². The molecule has 1 aliphatic heterocycles. The number of pyridine rings is 1. The van der Waals surface area contributed by atoms with E-state index in [1.54, 1.807) is 18.0 Å². The summed E-state index contributed by atoms with van der Waals surface area (Å²) in [5.41, 5.74) is 2.60. The molecule has 1 N–H and O–H groups in total. The number of benzene rings is 1. The third kappa shape index (κ3) is 2.54. The van der Waals surface area contributed by atoms with Gasteiger partial charge in [0.15, 0.2) is 6.10 Å². The summed E-state index contributed by atoms with van der Waals surface area (Å²) in [6.45, 7) is 2.20. The summed E-state index contributed by atoms with van der Waals surface area (Å²) in [6.07, 6.45) is 1.26. The molecule has 1 aromatic heterocycles. The second kappa shape index (κ2) is 5.44. The maximum absolute atomic E-state index is 12.4. The summed E-state index contributed by atoms with van der Waals surface area (Å²) in [5.74, 6) is 0.680. The van der Waals surface area contributed by atoms with Crippen LogP contribution in [-0.2, 0) is 11.3 Å². The average molecular weight is 283 g/mol. The van der Waals surface area contributed by atoms with Gasteiger partial charge in [-0.1, -0.05) is 12.1 Å². The third-order valence-electron chi connectivity index (χ3n) is 3.50. The average Bonchev–Trinajstić information content (AvgIpc) is 2.52. The Kier molecular flexibility index (Phi) is 3.48. The quantitative estimate of drug-likeness (QED) is 0.940. The third-order valence-corrected chi connectivity index (χ3v) is 3.50. The smallest absolute Gasteiger partial charge is 0.268 e. The van der Waals surface area contributed by atoms with Crippen molar-refractivity contribution in [3.05, 3.63) is 48.3 Å². The van der Waals surface area contributed by atoms with Crippen LogP contribution in [0.1, 0.15) is 12.6 Å². The van der Waals surface area contributed by atoms with Crippen molar-refractivity contribution >= 4 is 17.3 Å². The molecule has 0 saturated heterocycles. The zero-order chi connectivity index (χ0) is 14.8. The number of para-hydroxylation sites is 2. The first-order valence-corrected chi connectivity index (χ1v) is 6.89. The SMILES string of the molecule is CNc1ccnc(CN2C(=O)C(C)Oc3ccccc32)c1. The maximum atomic E-state index is 12.4. The second-order valence-corrected chi connectivity index (χ2v) is 4.94. The lowest BCUT2D eigenvalue weighted by Gasteiger charge is -2.32. The van der Waals surface area contributed by atoms with Crippen LogP contribution in [0.3, 0.4) is 0 Å². The number of rotatable bonds is 3. The van der Waals surface area contributed by atoms with E-state index < -0.39 is 6.10 Å². The van der Waals surface area contributed by atoms with Crippen LogP contribution in [0, 0.1) is 0 Å². The van der Waals surface area contributed by atoms with Gasteiger partial charge in [-0.2, -0.15) is 0 Å². The van der Waals surface area contributed by atoms with Gasteiger partial charge >= 0.3 is 0 Å². The fraction of sp³-hybridized carbons (Fsp3) is 0.250. The molecule has 5 heteroatoms. The molecule has 5 nitrogen and oxygen atoms in total. The van der Waals surface area contributed by atoms with Crippen molar-refractivity contribution in [1.82, 2.24) is 4.98 Å². The van der Waals surface area contributed by atoms with Crippen LogP contribution in [0.5, 0.6) is 5.75 Å². The highest BCUT2D eigenvalue weighted by Gasteiger charge is 2.31. The zero-order valence-corrected chi connectivity index (χ0v) is 12.0. The number of anilines is 2. The van der Waals surface area contributed by atoms with Gasteiger partial charge < -0.3 is 10.1 Å². The normalized spacial score (nSPS) is 17.1. The molecule has 2 heterocycles. The minimum absolute atomic E-state index is 0.0506. The number of carbonyl (C=O) groups is 1. The van der Waals surface area contributed by atoms with E-state index in [-0.39, 0.29) is 5.91 Å². The molecule has 0 fully saturated rings. The van der Waals surface area contributed by atoms with Crippen molar-refractivity contribution in [1.29, 1.82) is 0 Å². The molecule has 1 unspecified atom stereocenters. The number of aromatic nitrogens is 1. The van der Waals surface area contributed by atoms with Crippen LogP contribution in [0.2, 0.25) is 0 Å². The van der Waals surface area contributed by atoms with Gasteiger partial charge in [-0.25, -0.2) is 0 Å². The number of hydrogen-bond acceptors (Lipinski definition) is 4. The number of hydrogen-bond donors (Lipinski definition) is 1. The van der Waals surface area contributed by atoms with E-state index in [4.69, 9.17) is 4.74 Å². The Morgan fingerprint density at radius 3 is 2.95 bits per heavy atom. The highest BCUT2D eigenvalue weighted by atomic mass is 16.5. The Bertz CT molecular complexity index is 672. The number of ether oxygens (including phenoxy) is 1. The van der Waals surface area contributed by atoms with Gasteiger partial charge in [0.2, 0.25) is 0 Å². The van der Waals surface area contributed by atoms with Gasteiger partial charge in [-0.3, -0.25) is 14.7 Å². The first-order chi connectivity index (χ1) is 10.2. The Balaban J connectivity index is 1.94. The minimum Gasteiger partial charge on any atom is -0.479 e. The van der Waals surface area contributed by atoms with Crippen molar-refractivity contribution in [3.63, 3.8) is 0 Å². The largest absolute Gasteiger partial charge is 0.479 e. The molecule has 0 saturated carbocycles. The number of amides is 1. The van der Waals surface area contributed by atoms with Gasteiger partial charge in [0.1, 0.15) is 5.75 Å². The van der Waals surface area contributed by atoms with Gasteiger partial charge in [0, 0.05) is 18.9 Å². The van der Waals surface area contributed by atoms with Crippen molar-refractivity contribution < 1.29 is 9.53 Å². The first kappa shape index (κ1) is 13.4. The molecular weight excluding hydrogens is 266 g/mol. The Morgan fingerprint density at radius 1 is 1.33 bits per heavy atom. The summed E-state index contributed by atoms with van der Waals surface area (Å²) in [7, 11) is 1.86. The van der Waals surface area contributed by atoms with Crippen molar-refractivity contribution in [2.24, 2.45) is 0 Å². The van der Waals surface area contributed by atoms with Gasteiger partial charge in [0.05, 0.1) is 17.9 Å². The van der Waals surface area contributed by atoms with E-state index >= 15 is 0 Å². The lowest BCUT2D eigenvalue weighted by atomic mass is 10.1. The van der Waals surface area contributed by atoms with Gasteiger partial charge in [-0.15, -0.1) is 0 Å². The van der Waals surface area contributed by atoms with Gasteiger partial charge in [0.25, 0.3) is 5.91 Å².